The minimum absolute atomic E-state index is 0.154. The fourth-order valence-electron chi connectivity index (χ4n) is 1.57. The highest BCUT2D eigenvalue weighted by molar-refractivity contribution is 4.87. The lowest BCUT2D eigenvalue weighted by atomic mass is 10.1. The van der Waals surface area contributed by atoms with Crippen LogP contribution in [0.4, 0.5) is 8.78 Å². The Hall–Kier alpha value is -0.220. The van der Waals surface area contributed by atoms with Crippen LogP contribution in [0, 0.1) is 5.92 Å². The average Bonchev–Trinajstić information content (AvgIpc) is 2.70. The normalized spacial score (nSPS) is 20.5. The van der Waals surface area contributed by atoms with Gasteiger partial charge in [0.05, 0.1) is 6.54 Å². The Morgan fingerprint density at radius 3 is 2.42 bits per heavy atom. The Morgan fingerprint density at radius 1 is 1.50 bits per heavy atom. The molecule has 1 fully saturated rings. The zero-order valence-corrected chi connectivity index (χ0v) is 7.34. The number of hydrogen-bond acceptors (Lipinski definition) is 2. The summed E-state index contributed by atoms with van der Waals surface area (Å²) < 4.78 is 24.0. The fourth-order valence-corrected chi connectivity index (χ4v) is 1.57. The second-order valence-electron chi connectivity index (χ2n) is 3.47. The van der Waals surface area contributed by atoms with Gasteiger partial charge in [-0.3, -0.25) is 4.90 Å². The summed E-state index contributed by atoms with van der Waals surface area (Å²) in [6, 6.07) is 0.166. The minimum atomic E-state index is -2.25. The Bertz CT molecular complexity index is 137. The number of likely N-dealkylation sites (N-methyl/N-ethyl adjacent to an activating group) is 1. The predicted octanol–water partition coefficient (Wildman–Crippen LogP) is 0.921. The monoisotopic (exact) mass is 178 g/mol. The molecule has 1 rings (SSSR count). The number of halogens is 2. The van der Waals surface area contributed by atoms with Gasteiger partial charge in [0.15, 0.2) is 0 Å². The summed E-state index contributed by atoms with van der Waals surface area (Å²) in [6.07, 6.45) is 0.0491. The SMILES string of the molecule is CN(CC(F)F)C(CN)C1CC1. The maximum Gasteiger partial charge on any atom is 0.251 e. The number of nitrogens with zero attached hydrogens (tertiary/aromatic N) is 1. The van der Waals surface area contributed by atoms with Crippen LogP contribution in [0.5, 0.6) is 0 Å². The number of rotatable bonds is 5. The third-order valence-electron chi connectivity index (χ3n) is 2.40. The molecule has 0 aromatic heterocycles. The van der Waals surface area contributed by atoms with Gasteiger partial charge in [0.25, 0.3) is 6.43 Å². The first kappa shape index (κ1) is 9.86. The van der Waals surface area contributed by atoms with Crippen LogP contribution in [0.15, 0.2) is 0 Å². The van der Waals surface area contributed by atoms with Crippen molar-refractivity contribution in [3.63, 3.8) is 0 Å². The van der Waals surface area contributed by atoms with Crippen LogP contribution < -0.4 is 5.73 Å². The molecule has 0 amide bonds. The smallest absolute Gasteiger partial charge is 0.251 e. The van der Waals surface area contributed by atoms with E-state index in [1.54, 1.807) is 11.9 Å². The van der Waals surface area contributed by atoms with Crippen molar-refractivity contribution in [2.45, 2.75) is 25.3 Å². The molecule has 0 bridgehead atoms. The van der Waals surface area contributed by atoms with Crippen molar-refractivity contribution in [2.24, 2.45) is 11.7 Å². The van der Waals surface area contributed by atoms with E-state index in [0.717, 1.165) is 12.8 Å². The van der Waals surface area contributed by atoms with E-state index >= 15 is 0 Å². The van der Waals surface area contributed by atoms with Crippen molar-refractivity contribution in [3.05, 3.63) is 0 Å². The highest BCUT2D eigenvalue weighted by Crippen LogP contribution is 2.34. The molecule has 0 aromatic carbocycles. The van der Waals surface area contributed by atoms with Gasteiger partial charge in [-0.2, -0.15) is 0 Å². The summed E-state index contributed by atoms with van der Waals surface area (Å²) in [5, 5.41) is 0. The molecule has 1 saturated carbocycles. The topological polar surface area (TPSA) is 29.3 Å². The van der Waals surface area contributed by atoms with Crippen LogP contribution in [0.1, 0.15) is 12.8 Å². The fraction of sp³-hybridized carbons (Fsp3) is 1.00. The van der Waals surface area contributed by atoms with Crippen molar-refractivity contribution in [2.75, 3.05) is 20.1 Å². The molecule has 12 heavy (non-hydrogen) atoms. The van der Waals surface area contributed by atoms with Crippen LogP contribution in [-0.2, 0) is 0 Å². The Labute approximate surface area is 71.7 Å². The third kappa shape index (κ3) is 2.68. The van der Waals surface area contributed by atoms with Gasteiger partial charge < -0.3 is 5.73 Å². The summed E-state index contributed by atoms with van der Waals surface area (Å²) in [4.78, 5) is 1.68. The molecule has 2 N–H and O–H groups in total. The predicted molar refractivity (Wildman–Crippen MR) is 44.2 cm³/mol. The summed E-state index contributed by atoms with van der Waals surface area (Å²) in [5.74, 6) is 0.568. The Morgan fingerprint density at radius 2 is 2.08 bits per heavy atom. The molecule has 0 aromatic rings. The molecule has 1 unspecified atom stereocenters. The maximum atomic E-state index is 12.0. The lowest BCUT2D eigenvalue weighted by Gasteiger charge is -2.26. The molecule has 0 heterocycles. The van der Waals surface area contributed by atoms with Gasteiger partial charge in [-0.25, -0.2) is 8.78 Å². The van der Waals surface area contributed by atoms with Crippen molar-refractivity contribution in [1.82, 2.24) is 4.90 Å². The van der Waals surface area contributed by atoms with E-state index in [4.69, 9.17) is 5.73 Å². The number of nitrogens with two attached hydrogens (primary N) is 1. The van der Waals surface area contributed by atoms with Gasteiger partial charge >= 0.3 is 0 Å². The maximum absolute atomic E-state index is 12.0. The zero-order valence-electron chi connectivity index (χ0n) is 7.34. The first-order chi connectivity index (χ1) is 5.65. The number of alkyl halides is 2. The molecule has 0 spiro atoms. The molecule has 1 atom stereocenters. The molecular formula is C8H16F2N2. The van der Waals surface area contributed by atoms with Crippen LogP contribution in [0.3, 0.4) is 0 Å². The van der Waals surface area contributed by atoms with Gasteiger partial charge in [0, 0.05) is 12.6 Å². The zero-order chi connectivity index (χ0) is 9.14. The van der Waals surface area contributed by atoms with Crippen molar-refractivity contribution in [3.8, 4) is 0 Å². The Kier molecular flexibility index (Phi) is 3.40. The van der Waals surface area contributed by atoms with E-state index < -0.39 is 6.43 Å². The first-order valence-corrected chi connectivity index (χ1v) is 4.33. The molecule has 0 saturated heterocycles. The van der Waals surface area contributed by atoms with Crippen LogP contribution >= 0.6 is 0 Å². The molecule has 72 valence electrons. The highest BCUT2D eigenvalue weighted by Gasteiger charge is 2.33. The minimum Gasteiger partial charge on any atom is -0.329 e. The quantitative estimate of drug-likeness (QED) is 0.678. The number of hydrogen-bond donors (Lipinski definition) is 1. The largest absolute Gasteiger partial charge is 0.329 e. The summed E-state index contributed by atoms with van der Waals surface area (Å²) in [5.41, 5.74) is 5.50. The summed E-state index contributed by atoms with van der Waals surface area (Å²) >= 11 is 0. The van der Waals surface area contributed by atoms with Crippen molar-refractivity contribution >= 4 is 0 Å². The molecule has 0 aliphatic heterocycles. The highest BCUT2D eigenvalue weighted by atomic mass is 19.3. The van der Waals surface area contributed by atoms with Crippen molar-refractivity contribution < 1.29 is 8.78 Å². The first-order valence-electron chi connectivity index (χ1n) is 4.33. The van der Waals surface area contributed by atoms with E-state index in [1.807, 2.05) is 0 Å². The third-order valence-corrected chi connectivity index (χ3v) is 2.40. The van der Waals surface area contributed by atoms with Gasteiger partial charge in [-0.15, -0.1) is 0 Å². The van der Waals surface area contributed by atoms with Gasteiger partial charge in [0.1, 0.15) is 0 Å². The molecule has 4 heteroatoms. The van der Waals surface area contributed by atoms with E-state index in [1.165, 1.54) is 0 Å². The van der Waals surface area contributed by atoms with Crippen LogP contribution in [0.25, 0.3) is 0 Å². The van der Waals surface area contributed by atoms with Gasteiger partial charge in [0.2, 0.25) is 0 Å². The van der Waals surface area contributed by atoms with E-state index in [9.17, 15) is 8.78 Å². The molecule has 0 radical (unpaired) electrons. The summed E-state index contributed by atoms with van der Waals surface area (Å²) in [6.45, 7) is 0.340. The lowest BCUT2D eigenvalue weighted by Crippen LogP contribution is -2.41. The second-order valence-corrected chi connectivity index (χ2v) is 3.47. The molecule has 1 aliphatic rings. The molecule has 2 nitrogen and oxygen atoms in total. The van der Waals surface area contributed by atoms with Gasteiger partial charge in [-0.1, -0.05) is 0 Å². The van der Waals surface area contributed by atoms with E-state index in [0.29, 0.717) is 12.5 Å². The van der Waals surface area contributed by atoms with Gasteiger partial charge in [-0.05, 0) is 25.8 Å². The molecule has 1 aliphatic carbocycles. The second kappa shape index (κ2) is 4.14. The lowest BCUT2D eigenvalue weighted by molar-refractivity contribution is 0.0773. The van der Waals surface area contributed by atoms with Crippen LogP contribution in [-0.4, -0.2) is 37.5 Å². The van der Waals surface area contributed by atoms with E-state index in [-0.39, 0.29) is 12.6 Å². The standard InChI is InChI=1S/C8H16F2N2/c1-12(5-8(9)10)7(4-11)6-2-3-6/h6-8H,2-5,11H2,1H3. The van der Waals surface area contributed by atoms with Crippen LogP contribution in [0.2, 0.25) is 0 Å². The Balaban J connectivity index is 2.30. The van der Waals surface area contributed by atoms with E-state index in [2.05, 4.69) is 0 Å². The van der Waals surface area contributed by atoms with Crippen molar-refractivity contribution in [1.29, 1.82) is 0 Å². The molecular weight excluding hydrogens is 162 g/mol. The average molecular weight is 178 g/mol. The summed E-state index contributed by atoms with van der Waals surface area (Å²) in [7, 11) is 1.72.